The van der Waals surface area contributed by atoms with Gasteiger partial charge in [-0.05, 0) is 30.7 Å². The topological polar surface area (TPSA) is 93.3 Å². The molecule has 1 N–H and O–H groups in total. The van der Waals surface area contributed by atoms with Gasteiger partial charge in [-0.1, -0.05) is 60.1 Å². The van der Waals surface area contributed by atoms with E-state index in [1.165, 1.54) is 28.9 Å². The molecule has 3 aromatic carbocycles. The molecule has 0 aliphatic heterocycles. The van der Waals surface area contributed by atoms with Gasteiger partial charge in [-0.25, -0.2) is 4.68 Å². The number of nitrogens with zero attached hydrogens (tertiary/aromatic N) is 3. The lowest BCUT2D eigenvalue weighted by molar-refractivity contribution is -0.384. The molecule has 0 bridgehead atoms. The predicted molar refractivity (Wildman–Crippen MR) is 126 cm³/mol. The summed E-state index contributed by atoms with van der Waals surface area (Å²) in [6.07, 6.45) is 0. The van der Waals surface area contributed by atoms with Crippen LogP contribution in [0.15, 0.2) is 88.6 Å². The van der Waals surface area contributed by atoms with Crippen LogP contribution in [0.25, 0.3) is 16.9 Å². The van der Waals surface area contributed by atoms with E-state index in [0.717, 1.165) is 11.1 Å². The van der Waals surface area contributed by atoms with Crippen molar-refractivity contribution in [3.05, 3.63) is 115 Å². The lowest BCUT2D eigenvalue weighted by Gasteiger charge is -2.04. The molecule has 160 valence electrons. The minimum absolute atomic E-state index is 0.0469. The second-order valence-corrected chi connectivity index (χ2v) is 7.54. The molecule has 0 aliphatic rings. The van der Waals surface area contributed by atoms with Crippen LogP contribution in [0.2, 0.25) is 5.02 Å². The number of aromatic amines is 1. The Labute approximate surface area is 188 Å². The Morgan fingerprint density at radius 1 is 1.03 bits per heavy atom. The number of non-ortho nitro benzene ring substituents is 1. The van der Waals surface area contributed by atoms with Crippen LogP contribution in [-0.4, -0.2) is 20.4 Å². The van der Waals surface area contributed by atoms with Gasteiger partial charge in [0.2, 0.25) is 0 Å². The molecule has 0 saturated carbocycles. The number of aliphatic imine (C=N–C) groups is 1. The maximum atomic E-state index is 13.4. The first kappa shape index (κ1) is 21.3. The van der Waals surface area contributed by atoms with E-state index in [1.54, 1.807) is 13.0 Å². The van der Waals surface area contributed by atoms with Gasteiger partial charge in [0, 0.05) is 28.4 Å². The third kappa shape index (κ3) is 4.24. The van der Waals surface area contributed by atoms with Gasteiger partial charge in [-0.15, -0.1) is 0 Å². The minimum Gasteiger partial charge on any atom is -0.290 e. The highest BCUT2D eigenvalue weighted by atomic mass is 35.5. The number of halogens is 1. The Morgan fingerprint density at radius 3 is 2.34 bits per heavy atom. The summed E-state index contributed by atoms with van der Waals surface area (Å²) < 4.78 is 1.37. The number of rotatable bonds is 6. The lowest BCUT2D eigenvalue weighted by Crippen LogP contribution is -2.19. The van der Waals surface area contributed by atoms with Crippen LogP contribution < -0.4 is 5.56 Å². The normalized spacial score (nSPS) is 11.5. The van der Waals surface area contributed by atoms with Crippen molar-refractivity contribution in [3.8, 4) is 16.9 Å². The fraction of sp³-hybridized carbons (Fsp3) is 0.0833. The first-order chi connectivity index (χ1) is 15.5. The summed E-state index contributed by atoms with van der Waals surface area (Å²) in [6.45, 7) is 2.12. The van der Waals surface area contributed by atoms with E-state index >= 15 is 0 Å². The van der Waals surface area contributed by atoms with Crippen LogP contribution in [0.5, 0.6) is 0 Å². The molecule has 1 aromatic heterocycles. The molecule has 8 heteroatoms. The number of nitro groups is 1. The van der Waals surface area contributed by atoms with Crippen molar-refractivity contribution in [1.29, 1.82) is 0 Å². The highest BCUT2D eigenvalue weighted by molar-refractivity contribution is 6.31. The molecule has 4 rings (SSSR count). The monoisotopic (exact) mass is 446 g/mol. The van der Waals surface area contributed by atoms with Gasteiger partial charge in [0.15, 0.2) is 0 Å². The van der Waals surface area contributed by atoms with Gasteiger partial charge in [0.05, 0.1) is 28.4 Å². The number of hydrogen-bond acceptors (Lipinski definition) is 4. The summed E-state index contributed by atoms with van der Waals surface area (Å²) in [4.78, 5) is 28.5. The highest BCUT2D eigenvalue weighted by Crippen LogP contribution is 2.23. The molecule has 0 amide bonds. The van der Waals surface area contributed by atoms with E-state index in [9.17, 15) is 14.9 Å². The molecule has 0 saturated heterocycles. The van der Waals surface area contributed by atoms with Crippen molar-refractivity contribution >= 4 is 23.0 Å². The van der Waals surface area contributed by atoms with Crippen LogP contribution in [0.3, 0.4) is 0 Å². The van der Waals surface area contributed by atoms with Gasteiger partial charge in [0.1, 0.15) is 0 Å². The molecule has 0 fully saturated rings. The molecule has 0 radical (unpaired) electrons. The van der Waals surface area contributed by atoms with Crippen LogP contribution in [0.1, 0.15) is 18.1 Å². The second-order valence-electron chi connectivity index (χ2n) is 7.13. The third-order valence-corrected chi connectivity index (χ3v) is 5.45. The zero-order chi connectivity index (χ0) is 22.7. The van der Waals surface area contributed by atoms with Gasteiger partial charge >= 0.3 is 0 Å². The smallest absolute Gasteiger partial charge is 0.280 e. The Kier molecular flexibility index (Phi) is 6.00. The van der Waals surface area contributed by atoms with Crippen molar-refractivity contribution in [3.63, 3.8) is 0 Å². The number of aromatic nitrogens is 2. The summed E-state index contributed by atoms with van der Waals surface area (Å²) >= 11 is 6.24. The summed E-state index contributed by atoms with van der Waals surface area (Å²) in [6, 6.07) is 22.7. The Balaban J connectivity index is 1.81. The van der Waals surface area contributed by atoms with Gasteiger partial charge in [0.25, 0.3) is 11.2 Å². The molecule has 0 unspecified atom stereocenters. The SMILES string of the molecule is CC(=NCc1ccccc1Cl)c1c(-c2ccccc2)[nH]n(-c2ccc([N+](=O)[O-])cc2)c1=O. The standard InChI is InChI=1S/C24H19ClN4O3/c1-16(26-15-18-9-5-6-10-21(18)25)22-23(17-7-3-2-4-8-17)27-28(24(22)30)19-11-13-20(14-12-19)29(31)32/h2-14,27H,15H2,1H3. The molecule has 32 heavy (non-hydrogen) atoms. The van der Waals surface area contributed by atoms with E-state index in [4.69, 9.17) is 11.6 Å². The molecular weight excluding hydrogens is 428 g/mol. The van der Waals surface area contributed by atoms with Crippen LogP contribution in [0, 0.1) is 10.1 Å². The number of nitro benzene ring substituents is 1. The molecule has 0 spiro atoms. The van der Waals surface area contributed by atoms with Crippen molar-refractivity contribution in [2.45, 2.75) is 13.5 Å². The van der Waals surface area contributed by atoms with Crippen molar-refractivity contribution < 1.29 is 4.92 Å². The van der Waals surface area contributed by atoms with E-state index in [2.05, 4.69) is 10.1 Å². The molecule has 0 atom stereocenters. The summed E-state index contributed by atoms with van der Waals surface area (Å²) in [5, 5.41) is 14.7. The first-order valence-corrected chi connectivity index (χ1v) is 10.2. The first-order valence-electron chi connectivity index (χ1n) is 9.86. The summed E-state index contributed by atoms with van der Waals surface area (Å²) in [5.74, 6) is 0. The van der Waals surface area contributed by atoms with Crippen molar-refractivity contribution in [1.82, 2.24) is 9.78 Å². The number of H-pyrrole nitrogens is 1. The maximum Gasteiger partial charge on any atom is 0.280 e. The fourth-order valence-electron chi connectivity index (χ4n) is 3.40. The summed E-state index contributed by atoms with van der Waals surface area (Å²) in [5.41, 5.74) is 3.45. The molecule has 1 heterocycles. The third-order valence-electron chi connectivity index (χ3n) is 5.08. The zero-order valence-corrected chi connectivity index (χ0v) is 17.9. The van der Waals surface area contributed by atoms with Gasteiger partial charge in [-0.2, -0.15) is 0 Å². The van der Waals surface area contributed by atoms with Crippen LogP contribution >= 0.6 is 11.6 Å². The number of nitrogens with one attached hydrogen (secondary N) is 1. The Morgan fingerprint density at radius 2 is 1.69 bits per heavy atom. The predicted octanol–water partition coefficient (Wildman–Crippen LogP) is 5.40. The van der Waals surface area contributed by atoms with E-state index in [1.807, 2.05) is 48.5 Å². The Hall–Kier alpha value is -3.97. The maximum absolute atomic E-state index is 13.4. The van der Waals surface area contributed by atoms with Gasteiger partial charge < -0.3 is 0 Å². The van der Waals surface area contributed by atoms with Crippen molar-refractivity contribution in [2.75, 3.05) is 0 Å². The highest BCUT2D eigenvalue weighted by Gasteiger charge is 2.19. The van der Waals surface area contributed by atoms with E-state index < -0.39 is 4.92 Å². The average Bonchev–Trinajstić information content (AvgIpc) is 3.16. The number of benzene rings is 3. The fourth-order valence-corrected chi connectivity index (χ4v) is 3.60. The summed E-state index contributed by atoms with van der Waals surface area (Å²) in [7, 11) is 0. The lowest BCUT2D eigenvalue weighted by atomic mass is 10.1. The molecular formula is C24H19ClN4O3. The molecule has 0 aliphatic carbocycles. The van der Waals surface area contributed by atoms with Crippen LogP contribution in [0.4, 0.5) is 5.69 Å². The molecule has 7 nitrogen and oxygen atoms in total. The largest absolute Gasteiger partial charge is 0.290 e. The van der Waals surface area contributed by atoms with E-state index in [-0.39, 0.29) is 11.2 Å². The zero-order valence-electron chi connectivity index (χ0n) is 17.2. The average molecular weight is 447 g/mol. The van der Waals surface area contributed by atoms with Gasteiger partial charge in [-0.3, -0.25) is 25.0 Å². The quantitative estimate of drug-likeness (QED) is 0.244. The Bertz CT molecular complexity index is 1360. The van der Waals surface area contributed by atoms with Crippen LogP contribution in [-0.2, 0) is 6.54 Å². The minimum atomic E-state index is -0.479. The van der Waals surface area contributed by atoms with Crippen molar-refractivity contribution in [2.24, 2.45) is 4.99 Å². The van der Waals surface area contributed by atoms with E-state index in [0.29, 0.717) is 34.2 Å². The number of hydrogen-bond donors (Lipinski definition) is 1. The molecule has 4 aromatic rings. The second kappa shape index (κ2) is 9.03.